The monoisotopic (exact) mass is 508 g/mol. The molecule has 0 aromatic carbocycles. The Labute approximate surface area is 97.4 Å². The standard InChI is InChI=1S/Bi.Co.La.Mo.3H. The fraction of sp³-hybridized carbons (Fsp3) is 0. The Morgan fingerprint density at radius 1 is 1.00 bits per heavy atom. The molecule has 0 saturated heterocycles. The van der Waals surface area contributed by atoms with Crippen molar-refractivity contribution in [3.63, 3.8) is 0 Å². The van der Waals surface area contributed by atoms with Crippen molar-refractivity contribution >= 4 is 26.2 Å². The van der Waals surface area contributed by atoms with E-state index in [2.05, 4.69) is 0 Å². The Kier molecular flexibility index (Phi) is 109. The Morgan fingerprint density at radius 3 is 1.00 bits per heavy atom. The van der Waals surface area contributed by atoms with Crippen LogP contribution in [0.1, 0.15) is 0 Å². The zero-order valence-electron chi connectivity index (χ0n) is 2.03. The third-order valence-corrected chi connectivity index (χ3v) is 0. The van der Waals surface area contributed by atoms with Gasteiger partial charge in [-0.15, -0.1) is 0 Å². The molecule has 0 nitrogen and oxygen atoms in total. The summed E-state index contributed by atoms with van der Waals surface area (Å²) in [6.45, 7) is 0. The fourth-order valence-electron chi connectivity index (χ4n) is 0. The van der Waals surface area contributed by atoms with E-state index in [1.807, 2.05) is 0 Å². The second-order valence-corrected chi connectivity index (χ2v) is 0. The molecule has 0 aromatic rings. The van der Waals surface area contributed by atoms with Gasteiger partial charge in [0.1, 0.15) is 0 Å². The van der Waals surface area contributed by atoms with Crippen LogP contribution in [0.15, 0.2) is 0 Å². The van der Waals surface area contributed by atoms with Crippen molar-refractivity contribution in [1.29, 1.82) is 0 Å². The van der Waals surface area contributed by atoms with Crippen LogP contribution < -0.4 is 0 Å². The summed E-state index contributed by atoms with van der Waals surface area (Å²) in [6.07, 6.45) is 0. The van der Waals surface area contributed by atoms with E-state index in [-0.39, 0.29) is 99.6 Å². The molecule has 0 spiro atoms. The summed E-state index contributed by atoms with van der Waals surface area (Å²) in [4.78, 5) is 0. The van der Waals surface area contributed by atoms with Gasteiger partial charge in [-0.05, 0) is 0 Å². The summed E-state index contributed by atoms with van der Waals surface area (Å²) in [6, 6.07) is 0. The van der Waals surface area contributed by atoms with E-state index < -0.39 is 0 Å². The maximum absolute atomic E-state index is 0. The Hall–Kier alpha value is 3.27. The van der Waals surface area contributed by atoms with Crippen LogP contribution in [0.2, 0.25) is 0 Å². The molecule has 0 bridgehead atoms. The summed E-state index contributed by atoms with van der Waals surface area (Å²) in [5, 5.41) is 0. The third-order valence-electron chi connectivity index (χ3n) is 0. The topological polar surface area (TPSA) is 0 Å². The minimum atomic E-state index is 0. The maximum atomic E-state index is 0. The molecule has 4 heavy (non-hydrogen) atoms. The normalized spacial score (nSPS) is 0. The van der Waals surface area contributed by atoms with Crippen molar-refractivity contribution in [2.24, 2.45) is 0 Å². The molecule has 0 atom stereocenters. The van der Waals surface area contributed by atoms with Gasteiger partial charge >= 0.3 is 26.2 Å². The average Bonchev–Trinajstić information content (AvgIpc) is 0. The van der Waals surface area contributed by atoms with E-state index in [1.165, 1.54) is 0 Å². The van der Waals surface area contributed by atoms with E-state index in [0.29, 0.717) is 0 Å². The van der Waals surface area contributed by atoms with Gasteiger partial charge in [0.2, 0.25) is 0 Å². The van der Waals surface area contributed by atoms with Crippen LogP contribution in [-0.4, -0.2) is 26.2 Å². The molecule has 0 amide bonds. The molecular formula is H3BiCoLaMo. The maximum Gasteiger partial charge on any atom is 0 e. The van der Waals surface area contributed by atoms with E-state index >= 15 is 0 Å². The average molecular weight is 506 g/mol. The molecule has 0 fully saturated rings. The van der Waals surface area contributed by atoms with Crippen LogP contribution in [0.3, 0.4) is 0 Å². The van der Waals surface area contributed by atoms with E-state index in [9.17, 15) is 0 Å². The Balaban J connectivity index is 0. The fourth-order valence-corrected chi connectivity index (χ4v) is 0. The van der Waals surface area contributed by atoms with Crippen molar-refractivity contribution in [1.82, 2.24) is 0 Å². The Morgan fingerprint density at radius 2 is 1.00 bits per heavy atom. The SMILES string of the molecule is [BiH3].[Co].[La].[Mo]. The van der Waals surface area contributed by atoms with Gasteiger partial charge in [0, 0.05) is 73.4 Å². The second kappa shape index (κ2) is 16.3. The van der Waals surface area contributed by atoms with Gasteiger partial charge in [0.25, 0.3) is 0 Å². The van der Waals surface area contributed by atoms with Gasteiger partial charge in [-0.1, -0.05) is 0 Å². The predicted octanol–water partition coefficient (Wildman–Crippen LogP) is -1.19. The number of hydrogen-bond acceptors (Lipinski definition) is 0. The summed E-state index contributed by atoms with van der Waals surface area (Å²) in [5.41, 5.74) is 0. The third kappa shape index (κ3) is 8.99. The molecule has 0 aliphatic heterocycles. The molecule has 0 aliphatic carbocycles. The van der Waals surface area contributed by atoms with Gasteiger partial charge in [0.15, 0.2) is 0 Å². The van der Waals surface area contributed by atoms with Crippen molar-refractivity contribution in [3.05, 3.63) is 0 Å². The van der Waals surface area contributed by atoms with Gasteiger partial charge < -0.3 is 0 Å². The van der Waals surface area contributed by atoms with Crippen molar-refractivity contribution < 1.29 is 73.4 Å². The van der Waals surface area contributed by atoms with Crippen LogP contribution in [0.25, 0.3) is 0 Å². The largest absolute Gasteiger partial charge is 0 e. The molecule has 4 heteroatoms. The van der Waals surface area contributed by atoms with Crippen molar-refractivity contribution in [2.75, 3.05) is 0 Å². The zero-order valence-corrected chi connectivity index (χ0v) is 14.2. The predicted molar refractivity (Wildman–Crippen MR) is 9.94 cm³/mol. The molecule has 0 heterocycles. The molecule has 0 rings (SSSR count). The summed E-state index contributed by atoms with van der Waals surface area (Å²) in [7, 11) is 0. The molecule has 2 radical (unpaired) electrons. The molecule has 0 aliphatic rings. The van der Waals surface area contributed by atoms with E-state index in [0.717, 1.165) is 0 Å². The number of rotatable bonds is 0. The minimum Gasteiger partial charge on any atom is 0 e. The summed E-state index contributed by atoms with van der Waals surface area (Å²) >= 11 is 0. The van der Waals surface area contributed by atoms with Crippen LogP contribution in [0.4, 0.5) is 0 Å². The second-order valence-electron chi connectivity index (χ2n) is 0. The van der Waals surface area contributed by atoms with Crippen LogP contribution in [-0.2, 0) is 37.8 Å². The molecule has 0 aromatic heterocycles. The minimum absolute atomic E-state index is 0. The van der Waals surface area contributed by atoms with Gasteiger partial charge in [-0.25, -0.2) is 0 Å². The van der Waals surface area contributed by atoms with Crippen LogP contribution >= 0.6 is 0 Å². The van der Waals surface area contributed by atoms with Gasteiger partial charge in [0.05, 0.1) is 0 Å². The quantitative estimate of drug-likeness (QED) is 0.364. The van der Waals surface area contributed by atoms with Crippen molar-refractivity contribution in [3.8, 4) is 0 Å². The summed E-state index contributed by atoms with van der Waals surface area (Å²) in [5.74, 6) is 0. The van der Waals surface area contributed by atoms with E-state index in [1.54, 1.807) is 0 Å². The Bertz CT molecular complexity index is 8.00. The van der Waals surface area contributed by atoms with Crippen LogP contribution in [0.5, 0.6) is 0 Å². The molecule has 26 valence electrons. The first-order valence-corrected chi connectivity index (χ1v) is 0. The van der Waals surface area contributed by atoms with E-state index in [4.69, 9.17) is 0 Å². The van der Waals surface area contributed by atoms with Gasteiger partial charge in [-0.2, -0.15) is 0 Å². The first-order valence-electron chi connectivity index (χ1n) is 0. The summed E-state index contributed by atoms with van der Waals surface area (Å²) < 4.78 is 0. The molecule has 0 unspecified atom stereocenters. The van der Waals surface area contributed by atoms with Crippen LogP contribution in [0, 0.1) is 35.6 Å². The number of hydrogen-bond donors (Lipinski definition) is 0. The first-order chi connectivity index (χ1) is 0. The van der Waals surface area contributed by atoms with Gasteiger partial charge in [-0.3, -0.25) is 0 Å². The smallest absolute Gasteiger partial charge is 0 e. The molecular weight excluding hydrogens is 503 g/mol. The van der Waals surface area contributed by atoms with Crippen molar-refractivity contribution in [2.45, 2.75) is 0 Å². The molecule has 0 saturated carbocycles. The zero-order chi connectivity index (χ0) is 0. The first kappa shape index (κ1) is 26.7. The molecule has 0 N–H and O–H groups in total.